The topological polar surface area (TPSA) is 45.9 Å². The van der Waals surface area contributed by atoms with Crippen molar-refractivity contribution in [2.24, 2.45) is 0 Å². The Morgan fingerprint density at radius 3 is 2.00 bits per heavy atom. The van der Waals surface area contributed by atoms with Crippen molar-refractivity contribution in [3.05, 3.63) is 22.9 Å². The highest BCUT2D eigenvalue weighted by molar-refractivity contribution is 5.18. The minimum atomic E-state index is -0.134. The molecule has 1 heterocycles. The molecule has 82 valence electrons. The van der Waals surface area contributed by atoms with E-state index in [0.29, 0.717) is 0 Å². The molecule has 0 saturated carbocycles. The van der Waals surface area contributed by atoms with Crippen LogP contribution in [0.4, 0.5) is 5.95 Å². The fourth-order valence-electron chi connectivity index (χ4n) is 1.05. The van der Waals surface area contributed by atoms with Crippen LogP contribution >= 0.6 is 0 Å². The minimum absolute atomic E-state index is 0.0179. The molecule has 0 aromatic carbocycles. The molecule has 0 atom stereocenters. The molecule has 1 aromatic heterocycles. The smallest absolute Gasteiger partial charge is 0.0945 e. The Bertz CT molecular complexity index is 349. The standard InChI is InChI=1S/C11H18N3O/c1-8(2)14(15)10-12-6-9(7-13-10)11(3,4)5/h6-8H,1-5H3/q+1. The number of nitrogens with zero attached hydrogens (tertiary/aromatic N) is 3. The summed E-state index contributed by atoms with van der Waals surface area (Å²) in [6.45, 7) is 9.89. The van der Waals surface area contributed by atoms with Crippen LogP contribution in [0.3, 0.4) is 0 Å². The van der Waals surface area contributed by atoms with Gasteiger partial charge in [-0.15, -0.1) is 0 Å². The van der Waals surface area contributed by atoms with Crippen LogP contribution < -0.4 is 0 Å². The maximum Gasteiger partial charge on any atom is 0.469 e. The second-order valence-electron chi connectivity index (χ2n) is 4.94. The summed E-state index contributed by atoms with van der Waals surface area (Å²) in [7, 11) is 0. The van der Waals surface area contributed by atoms with Crippen LogP contribution in [0, 0.1) is 4.91 Å². The van der Waals surface area contributed by atoms with E-state index in [2.05, 4.69) is 30.7 Å². The number of hydrogen-bond acceptors (Lipinski definition) is 3. The van der Waals surface area contributed by atoms with Crippen molar-refractivity contribution in [3.63, 3.8) is 0 Å². The first kappa shape index (κ1) is 11.8. The van der Waals surface area contributed by atoms with Crippen LogP contribution in [0.1, 0.15) is 40.2 Å². The van der Waals surface area contributed by atoms with E-state index >= 15 is 0 Å². The van der Waals surface area contributed by atoms with E-state index in [9.17, 15) is 4.91 Å². The molecule has 0 aliphatic rings. The summed E-state index contributed by atoms with van der Waals surface area (Å²) >= 11 is 0. The molecule has 0 N–H and O–H groups in total. The van der Waals surface area contributed by atoms with Crippen molar-refractivity contribution in [2.75, 3.05) is 0 Å². The first-order chi connectivity index (χ1) is 6.82. The van der Waals surface area contributed by atoms with E-state index in [4.69, 9.17) is 0 Å². The maximum atomic E-state index is 11.5. The fourth-order valence-corrected chi connectivity index (χ4v) is 1.05. The number of aromatic nitrogens is 2. The van der Waals surface area contributed by atoms with Gasteiger partial charge in [-0.1, -0.05) is 35.6 Å². The van der Waals surface area contributed by atoms with Crippen LogP contribution in [0.15, 0.2) is 12.4 Å². The van der Waals surface area contributed by atoms with E-state index in [1.165, 1.54) is 0 Å². The Labute approximate surface area is 90.3 Å². The molecular formula is C11H18N3O+. The van der Waals surface area contributed by atoms with Crippen LogP contribution in [-0.4, -0.2) is 20.8 Å². The summed E-state index contributed by atoms with van der Waals surface area (Å²) in [5, 5.41) is 0. The van der Waals surface area contributed by atoms with E-state index in [1.807, 2.05) is 13.8 Å². The maximum absolute atomic E-state index is 11.5. The van der Waals surface area contributed by atoms with Gasteiger partial charge in [-0.05, 0) is 24.0 Å². The molecule has 0 saturated heterocycles. The van der Waals surface area contributed by atoms with Crippen molar-refractivity contribution in [1.82, 2.24) is 9.97 Å². The summed E-state index contributed by atoms with van der Waals surface area (Å²) in [4.78, 5) is 19.6. The second-order valence-corrected chi connectivity index (χ2v) is 4.94. The van der Waals surface area contributed by atoms with Crippen molar-refractivity contribution >= 4 is 5.95 Å². The molecule has 0 aliphatic carbocycles. The van der Waals surface area contributed by atoms with Gasteiger partial charge in [-0.2, -0.15) is 0 Å². The molecule has 0 spiro atoms. The SMILES string of the molecule is CC(C)[N+](=O)c1ncc(C(C)(C)C)cn1. The zero-order valence-electron chi connectivity index (χ0n) is 9.98. The molecular weight excluding hydrogens is 190 g/mol. The lowest BCUT2D eigenvalue weighted by atomic mass is 9.89. The first-order valence-electron chi connectivity index (χ1n) is 5.11. The van der Waals surface area contributed by atoms with Crippen LogP contribution in [0.25, 0.3) is 0 Å². The number of nitroso groups, excluding NO2 is 1. The quantitative estimate of drug-likeness (QED) is 0.702. The zero-order valence-corrected chi connectivity index (χ0v) is 9.98. The molecule has 0 bridgehead atoms. The van der Waals surface area contributed by atoms with Crippen molar-refractivity contribution in [3.8, 4) is 0 Å². The third-order valence-electron chi connectivity index (χ3n) is 2.17. The van der Waals surface area contributed by atoms with Gasteiger partial charge in [0.25, 0.3) is 0 Å². The Morgan fingerprint density at radius 2 is 1.67 bits per heavy atom. The van der Waals surface area contributed by atoms with Crippen LogP contribution in [0.2, 0.25) is 0 Å². The van der Waals surface area contributed by atoms with E-state index in [-0.39, 0.29) is 17.4 Å². The number of hydrogen-bond donors (Lipinski definition) is 0. The van der Waals surface area contributed by atoms with Crippen LogP contribution in [-0.2, 0) is 5.41 Å². The van der Waals surface area contributed by atoms with Gasteiger partial charge in [-0.3, -0.25) is 0 Å². The molecule has 4 nitrogen and oxygen atoms in total. The minimum Gasteiger partial charge on any atom is -0.0945 e. The average Bonchev–Trinajstić information content (AvgIpc) is 2.15. The fraction of sp³-hybridized carbons (Fsp3) is 0.636. The lowest BCUT2D eigenvalue weighted by Crippen LogP contribution is -2.16. The van der Waals surface area contributed by atoms with Gasteiger partial charge >= 0.3 is 5.95 Å². The normalized spacial score (nSPS) is 11.9. The third kappa shape index (κ3) is 2.81. The molecule has 4 heteroatoms. The van der Waals surface area contributed by atoms with E-state index in [0.717, 1.165) is 10.3 Å². The average molecular weight is 208 g/mol. The van der Waals surface area contributed by atoms with Crippen LogP contribution in [0.5, 0.6) is 0 Å². The van der Waals surface area contributed by atoms with Crippen molar-refractivity contribution in [2.45, 2.75) is 46.1 Å². The summed E-state index contributed by atoms with van der Waals surface area (Å²) < 4.78 is 0.812. The Hall–Kier alpha value is -1.32. The predicted molar refractivity (Wildman–Crippen MR) is 59.2 cm³/mol. The first-order valence-corrected chi connectivity index (χ1v) is 5.11. The number of rotatable bonds is 2. The predicted octanol–water partition coefficient (Wildman–Crippen LogP) is 2.59. The highest BCUT2D eigenvalue weighted by Crippen LogP contribution is 2.21. The lowest BCUT2D eigenvalue weighted by molar-refractivity contribution is -0.504. The monoisotopic (exact) mass is 208 g/mol. The van der Waals surface area contributed by atoms with Crippen molar-refractivity contribution in [1.29, 1.82) is 0 Å². The van der Waals surface area contributed by atoms with E-state index < -0.39 is 0 Å². The van der Waals surface area contributed by atoms with Gasteiger partial charge in [0.05, 0.1) is 0 Å². The van der Waals surface area contributed by atoms with Gasteiger partial charge in [-0.25, -0.2) is 0 Å². The Morgan fingerprint density at radius 1 is 1.20 bits per heavy atom. The van der Waals surface area contributed by atoms with Gasteiger partial charge in [0.15, 0.2) is 0 Å². The molecule has 0 unspecified atom stereocenters. The summed E-state index contributed by atoms with van der Waals surface area (Å²) in [5.41, 5.74) is 1.05. The lowest BCUT2D eigenvalue weighted by Gasteiger charge is -2.15. The summed E-state index contributed by atoms with van der Waals surface area (Å²) in [6, 6.07) is -0.134. The largest absolute Gasteiger partial charge is 0.469 e. The summed E-state index contributed by atoms with van der Waals surface area (Å²) in [5.74, 6) is 0.234. The highest BCUT2D eigenvalue weighted by Gasteiger charge is 2.22. The van der Waals surface area contributed by atoms with Gasteiger partial charge in [0.2, 0.25) is 0 Å². The molecule has 0 fully saturated rings. The zero-order chi connectivity index (χ0) is 11.6. The molecule has 15 heavy (non-hydrogen) atoms. The molecule has 1 aromatic rings. The van der Waals surface area contributed by atoms with Gasteiger partial charge in [0.1, 0.15) is 18.4 Å². The molecule has 1 rings (SSSR count). The Balaban J connectivity index is 2.96. The van der Waals surface area contributed by atoms with Crippen molar-refractivity contribution < 1.29 is 4.76 Å². The Kier molecular flexibility index (Phi) is 3.17. The molecule has 0 amide bonds. The van der Waals surface area contributed by atoms with Gasteiger partial charge in [0, 0.05) is 5.56 Å². The second kappa shape index (κ2) is 4.04. The summed E-state index contributed by atoms with van der Waals surface area (Å²) in [6.07, 6.45) is 3.44. The molecule has 0 radical (unpaired) electrons. The molecule has 0 aliphatic heterocycles. The van der Waals surface area contributed by atoms with E-state index in [1.54, 1.807) is 12.4 Å². The van der Waals surface area contributed by atoms with Gasteiger partial charge < -0.3 is 0 Å². The highest BCUT2D eigenvalue weighted by atomic mass is 16.3. The third-order valence-corrected chi connectivity index (χ3v) is 2.17.